The topological polar surface area (TPSA) is 75.1 Å². The van der Waals surface area contributed by atoms with Crippen molar-refractivity contribution in [3.8, 4) is 0 Å². The van der Waals surface area contributed by atoms with E-state index in [0.29, 0.717) is 10.6 Å². The predicted octanol–water partition coefficient (Wildman–Crippen LogP) is 2.48. The van der Waals surface area contributed by atoms with Crippen LogP contribution in [0, 0.1) is 4.78 Å². The minimum Gasteiger partial charge on any atom is -0.249 e. The van der Waals surface area contributed by atoms with Crippen LogP contribution in [0.3, 0.4) is 0 Å². The lowest BCUT2D eigenvalue weighted by molar-refractivity contribution is -0.191. The van der Waals surface area contributed by atoms with Crippen LogP contribution in [0.25, 0.3) is 0 Å². The molecule has 4 nitrogen and oxygen atoms in total. The lowest BCUT2D eigenvalue weighted by Crippen LogP contribution is -2.01. The molecule has 1 rings (SSSR count). The smallest absolute Gasteiger partial charge is 0.249 e. The molecule has 0 amide bonds. The SMILES string of the molecule is CCCc1ccc(S(=N)(=O)CC)cc1.O=C=O. The molecule has 0 aliphatic heterocycles. The van der Waals surface area contributed by atoms with E-state index in [2.05, 4.69) is 6.92 Å². The average molecular weight is 255 g/mol. The molecule has 0 saturated carbocycles. The highest BCUT2D eigenvalue weighted by Gasteiger charge is 2.06. The Labute approximate surface area is 102 Å². The van der Waals surface area contributed by atoms with Gasteiger partial charge in [0.05, 0.1) is 9.73 Å². The molecule has 94 valence electrons. The number of rotatable bonds is 4. The quantitative estimate of drug-likeness (QED) is 0.898. The second kappa shape index (κ2) is 7.76. The van der Waals surface area contributed by atoms with Crippen LogP contribution in [0.4, 0.5) is 0 Å². The molecular weight excluding hydrogens is 238 g/mol. The van der Waals surface area contributed by atoms with Gasteiger partial charge in [0.25, 0.3) is 0 Å². The van der Waals surface area contributed by atoms with Crippen LogP contribution in [0.5, 0.6) is 0 Å². The van der Waals surface area contributed by atoms with Gasteiger partial charge in [-0.05, 0) is 24.1 Å². The van der Waals surface area contributed by atoms with Gasteiger partial charge in [0, 0.05) is 10.6 Å². The van der Waals surface area contributed by atoms with Crippen molar-refractivity contribution in [3.05, 3.63) is 29.8 Å². The number of aryl methyl sites for hydroxylation is 1. The number of hydrogen-bond donors (Lipinski definition) is 1. The molecule has 1 aromatic carbocycles. The molecule has 0 saturated heterocycles. The summed E-state index contributed by atoms with van der Waals surface area (Å²) in [6.45, 7) is 3.92. The lowest BCUT2D eigenvalue weighted by atomic mass is 10.1. The van der Waals surface area contributed by atoms with Gasteiger partial charge in [-0.1, -0.05) is 32.4 Å². The van der Waals surface area contributed by atoms with Crippen LogP contribution in [0.1, 0.15) is 25.8 Å². The molecule has 0 fully saturated rings. The van der Waals surface area contributed by atoms with Crippen molar-refractivity contribution in [2.45, 2.75) is 31.6 Å². The number of nitrogens with one attached hydrogen (secondary N) is 1. The maximum absolute atomic E-state index is 11.7. The summed E-state index contributed by atoms with van der Waals surface area (Å²) < 4.78 is 19.3. The number of hydrogen-bond acceptors (Lipinski definition) is 4. The average Bonchev–Trinajstić information content (AvgIpc) is 2.31. The van der Waals surface area contributed by atoms with Crippen molar-refractivity contribution in [2.75, 3.05) is 5.75 Å². The highest BCUT2D eigenvalue weighted by Crippen LogP contribution is 2.13. The van der Waals surface area contributed by atoms with Crippen molar-refractivity contribution in [2.24, 2.45) is 0 Å². The third-order valence-corrected chi connectivity index (χ3v) is 4.10. The third-order valence-electron chi connectivity index (χ3n) is 2.25. The van der Waals surface area contributed by atoms with E-state index in [4.69, 9.17) is 14.4 Å². The molecule has 1 N–H and O–H groups in total. The van der Waals surface area contributed by atoms with E-state index in [9.17, 15) is 4.21 Å². The van der Waals surface area contributed by atoms with E-state index >= 15 is 0 Å². The van der Waals surface area contributed by atoms with Gasteiger partial charge >= 0.3 is 6.15 Å². The molecule has 0 aromatic heterocycles. The van der Waals surface area contributed by atoms with Gasteiger partial charge in [0.2, 0.25) is 0 Å². The zero-order chi connectivity index (χ0) is 13.3. The van der Waals surface area contributed by atoms with Crippen molar-refractivity contribution in [1.82, 2.24) is 0 Å². The fourth-order valence-electron chi connectivity index (χ4n) is 1.33. The van der Waals surface area contributed by atoms with Crippen molar-refractivity contribution in [1.29, 1.82) is 4.78 Å². The molecular formula is C12H17NO3S. The molecule has 0 spiro atoms. The molecule has 1 aromatic rings. The largest absolute Gasteiger partial charge is 0.373 e. The molecule has 17 heavy (non-hydrogen) atoms. The van der Waals surface area contributed by atoms with Gasteiger partial charge < -0.3 is 0 Å². The van der Waals surface area contributed by atoms with Gasteiger partial charge in [0.1, 0.15) is 0 Å². The summed E-state index contributed by atoms with van der Waals surface area (Å²) in [6, 6.07) is 7.60. The van der Waals surface area contributed by atoms with Gasteiger partial charge in [0.15, 0.2) is 0 Å². The minimum atomic E-state index is -2.53. The Bertz CT molecular complexity index is 457. The maximum Gasteiger partial charge on any atom is 0.373 e. The standard InChI is InChI=1S/C11H17NOS.CO2/c1-3-5-10-6-8-11(9-7-10)14(12,13)4-2;2-1-3/h6-9,12H,3-5H2,1-2H3;. The first-order valence-electron chi connectivity index (χ1n) is 5.36. The summed E-state index contributed by atoms with van der Waals surface area (Å²) in [4.78, 5) is 16.9. The second-order valence-electron chi connectivity index (χ2n) is 3.44. The molecule has 0 bridgehead atoms. The second-order valence-corrected chi connectivity index (χ2v) is 5.84. The molecule has 0 radical (unpaired) electrons. The Morgan fingerprint density at radius 2 is 1.65 bits per heavy atom. The van der Waals surface area contributed by atoms with Gasteiger partial charge in [-0.2, -0.15) is 9.59 Å². The zero-order valence-corrected chi connectivity index (χ0v) is 10.9. The molecule has 1 unspecified atom stereocenters. The first-order chi connectivity index (χ1) is 8.01. The Hall–Kier alpha value is -1.45. The van der Waals surface area contributed by atoms with Crippen LogP contribution in [-0.4, -0.2) is 16.1 Å². The Morgan fingerprint density at radius 1 is 1.18 bits per heavy atom. The zero-order valence-electron chi connectivity index (χ0n) is 10.1. The van der Waals surface area contributed by atoms with Gasteiger partial charge in [-0.25, -0.2) is 8.99 Å². The summed E-state index contributed by atoms with van der Waals surface area (Å²) in [6.07, 6.45) is 2.41. The predicted molar refractivity (Wildman–Crippen MR) is 65.1 cm³/mol. The highest BCUT2D eigenvalue weighted by atomic mass is 32.2. The van der Waals surface area contributed by atoms with Crippen LogP contribution in [-0.2, 0) is 25.7 Å². The lowest BCUT2D eigenvalue weighted by Gasteiger charge is -2.05. The number of carbonyl (C=O) groups excluding carboxylic acids is 2. The molecule has 0 aliphatic carbocycles. The van der Waals surface area contributed by atoms with Crippen molar-refractivity contribution < 1.29 is 13.8 Å². The van der Waals surface area contributed by atoms with E-state index < -0.39 is 9.73 Å². The van der Waals surface area contributed by atoms with Crippen LogP contribution < -0.4 is 0 Å². The van der Waals surface area contributed by atoms with Crippen molar-refractivity contribution in [3.63, 3.8) is 0 Å². The van der Waals surface area contributed by atoms with Gasteiger partial charge in [-0.15, -0.1) is 0 Å². The van der Waals surface area contributed by atoms with E-state index in [-0.39, 0.29) is 6.15 Å². The molecule has 1 atom stereocenters. The van der Waals surface area contributed by atoms with E-state index in [1.165, 1.54) is 5.56 Å². The molecule has 0 aliphatic rings. The summed E-state index contributed by atoms with van der Waals surface area (Å²) in [7, 11) is -2.53. The monoisotopic (exact) mass is 255 g/mol. The third kappa shape index (κ3) is 5.43. The van der Waals surface area contributed by atoms with Crippen LogP contribution in [0.2, 0.25) is 0 Å². The normalized spacial score (nSPS) is 12.8. The Balaban J connectivity index is 0.000000770. The first-order valence-corrected chi connectivity index (χ1v) is 7.09. The van der Waals surface area contributed by atoms with E-state index in [1.807, 2.05) is 24.3 Å². The van der Waals surface area contributed by atoms with E-state index in [1.54, 1.807) is 6.92 Å². The van der Waals surface area contributed by atoms with Crippen LogP contribution in [0.15, 0.2) is 29.2 Å². The minimum absolute atomic E-state index is 0.250. The maximum atomic E-state index is 11.7. The summed E-state index contributed by atoms with van der Waals surface area (Å²) in [5.41, 5.74) is 1.25. The summed E-state index contributed by atoms with van der Waals surface area (Å²) in [5, 5.41) is 0. The fraction of sp³-hybridized carbons (Fsp3) is 0.417. The van der Waals surface area contributed by atoms with Crippen LogP contribution >= 0.6 is 0 Å². The highest BCUT2D eigenvalue weighted by molar-refractivity contribution is 7.92. The number of benzene rings is 1. The summed E-state index contributed by atoms with van der Waals surface area (Å²) >= 11 is 0. The van der Waals surface area contributed by atoms with Gasteiger partial charge in [-0.3, -0.25) is 0 Å². The Morgan fingerprint density at radius 3 is 2.00 bits per heavy atom. The fourth-order valence-corrected chi connectivity index (χ4v) is 2.24. The molecule has 0 heterocycles. The van der Waals surface area contributed by atoms with E-state index in [0.717, 1.165) is 12.8 Å². The van der Waals surface area contributed by atoms with Crippen molar-refractivity contribution >= 4 is 15.9 Å². The first kappa shape index (κ1) is 15.6. The Kier molecular flexibility index (Phi) is 7.10. The molecule has 5 heteroatoms. The summed E-state index contributed by atoms with van der Waals surface area (Å²) in [5.74, 6) is 0.389.